The predicted molar refractivity (Wildman–Crippen MR) is 168 cm³/mol. The molecular weight excluding hydrogens is 574 g/mol. The summed E-state index contributed by atoms with van der Waals surface area (Å²) in [6.07, 6.45) is 6.45. The van der Waals surface area contributed by atoms with Crippen LogP contribution in [-0.4, -0.2) is 74.2 Å². The third-order valence-corrected chi connectivity index (χ3v) is 7.39. The van der Waals surface area contributed by atoms with Crippen molar-refractivity contribution >= 4 is 29.1 Å². The minimum Gasteiger partial charge on any atom is -0.491 e. The van der Waals surface area contributed by atoms with Crippen molar-refractivity contribution in [3.8, 4) is 5.75 Å². The van der Waals surface area contributed by atoms with Gasteiger partial charge >= 0.3 is 0 Å². The van der Waals surface area contributed by atoms with Gasteiger partial charge in [-0.25, -0.2) is 0 Å². The molecule has 1 aliphatic heterocycles. The highest BCUT2D eigenvalue weighted by Crippen LogP contribution is 2.34. The largest absolute Gasteiger partial charge is 0.491 e. The number of aromatic amines is 2. The first-order valence-corrected chi connectivity index (χ1v) is 15.1. The highest BCUT2D eigenvalue weighted by Gasteiger charge is 2.23. The molecule has 45 heavy (non-hydrogen) atoms. The Kier molecular flexibility index (Phi) is 10.4. The summed E-state index contributed by atoms with van der Waals surface area (Å²) in [6, 6.07) is 12.9. The minimum absolute atomic E-state index is 0.0537. The summed E-state index contributed by atoms with van der Waals surface area (Å²) in [7, 11) is 0. The number of rotatable bonds is 8. The zero-order chi connectivity index (χ0) is 31.6. The van der Waals surface area contributed by atoms with Gasteiger partial charge in [-0.05, 0) is 57.0 Å². The van der Waals surface area contributed by atoms with Gasteiger partial charge in [0.2, 0.25) is 11.8 Å². The van der Waals surface area contributed by atoms with Crippen molar-refractivity contribution in [3.63, 3.8) is 0 Å². The Labute approximate surface area is 261 Å². The first-order chi connectivity index (χ1) is 21.9. The summed E-state index contributed by atoms with van der Waals surface area (Å²) >= 11 is 0. The molecule has 4 aromatic rings. The number of carbonyl (C=O) groups is 3. The number of hydrogen-bond donors (Lipinski definition) is 4. The molecule has 0 atom stereocenters. The van der Waals surface area contributed by atoms with Gasteiger partial charge in [0.1, 0.15) is 12.3 Å². The van der Waals surface area contributed by atoms with E-state index in [0.29, 0.717) is 41.5 Å². The Morgan fingerprint density at radius 2 is 1.53 bits per heavy atom. The van der Waals surface area contributed by atoms with Crippen molar-refractivity contribution in [3.05, 3.63) is 83.2 Å². The summed E-state index contributed by atoms with van der Waals surface area (Å²) in [4.78, 5) is 47.7. The number of carbonyl (C=O) groups excluding carboxylic acids is 3. The van der Waals surface area contributed by atoms with Gasteiger partial charge < -0.3 is 25.2 Å². The van der Waals surface area contributed by atoms with Crippen molar-refractivity contribution in [1.82, 2.24) is 40.9 Å². The number of aromatic nitrogens is 5. The van der Waals surface area contributed by atoms with E-state index in [9.17, 15) is 14.4 Å². The van der Waals surface area contributed by atoms with Gasteiger partial charge in [0.15, 0.2) is 0 Å². The zero-order valence-electron chi connectivity index (χ0n) is 25.6. The maximum absolute atomic E-state index is 13.9. The molecule has 13 nitrogen and oxygen atoms in total. The van der Waals surface area contributed by atoms with Crippen LogP contribution in [0.15, 0.2) is 54.9 Å². The molecule has 5 rings (SSSR count). The lowest BCUT2D eigenvalue weighted by molar-refractivity contribution is -0.122. The van der Waals surface area contributed by atoms with Crippen molar-refractivity contribution in [2.24, 2.45) is 0 Å². The number of aryl methyl sites for hydroxylation is 2. The van der Waals surface area contributed by atoms with Crippen LogP contribution in [-0.2, 0) is 22.7 Å². The summed E-state index contributed by atoms with van der Waals surface area (Å²) in [5, 5.41) is 19.9. The first kappa shape index (κ1) is 31.2. The summed E-state index contributed by atoms with van der Waals surface area (Å²) < 4.78 is 6.19. The van der Waals surface area contributed by atoms with E-state index in [2.05, 4.69) is 36.0 Å². The lowest BCUT2D eigenvalue weighted by Crippen LogP contribution is -2.41. The van der Waals surface area contributed by atoms with Gasteiger partial charge in [-0.1, -0.05) is 25.0 Å². The average Bonchev–Trinajstić information content (AvgIpc) is 3.67. The molecule has 3 amide bonds. The lowest BCUT2D eigenvalue weighted by Gasteiger charge is -2.27. The highest BCUT2D eigenvalue weighted by molar-refractivity contribution is 5.97. The SMILES string of the molecule is Cc1cc(CNC(=O)CN2CCCCCCOc3ccccc3N(CC(=O)NCc3cc(C)[nH]n3)c3cncc(c3)C2=O)n[nH]1. The number of H-pyrrole nitrogens is 2. The van der Waals surface area contributed by atoms with Gasteiger partial charge in [-0.3, -0.25) is 29.6 Å². The maximum Gasteiger partial charge on any atom is 0.255 e. The number of ether oxygens (including phenoxy) is 1. The molecule has 4 N–H and O–H groups in total. The van der Waals surface area contributed by atoms with Crippen LogP contribution in [0.1, 0.15) is 58.8 Å². The Balaban J connectivity index is 1.39. The Morgan fingerprint density at radius 3 is 2.22 bits per heavy atom. The van der Waals surface area contributed by atoms with Crippen LogP contribution in [0, 0.1) is 13.8 Å². The smallest absolute Gasteiger partial charge is 0.255 e. The number of hydrogen-bond acceptors (Lipinski definition) is 8. The number of amides is 3. The van der Waals surface area contributed by atoms with E-state index in [1.807, 2.05) is 50.2 Å². The number of nitrogens with zero attached hydrogens (tertiary/aromatic N) is 5. The number of fused-ring (bicyclic) bond motifs is 3. The fourth-order valence-electron chi connectivity index (χ4n) is 5.12. The second-order valence-corrected chi connectivity index (χ2v) is 11.1. The Hall–Kier alpha value is -5.20. The quantitative estimate of drug-likeness (QED) is 0.235. The summed E-state index contributed by atoms with van der Waals surface area (Å²) in [5.74, 6) is -0.206. The van der Waals surface area contributed by atoms with Crippen LogP contribution in [0.25, 0.3) is 0 Å². The van der Waals surface area contributed by atoms with Gasteiger partial charge in [-0.15, -0.1) is 0 Å². The molecule has 236 valence electrons. The number of para-hydroxylation sites is 2. The van der Waals surface area contributed by atoms with Crippen LogP contribution < -0.4 is 20.3 Å². The third kappa shape index (κ3) is 8.68. The predicted octanol–water partition coefficient (Wildman–Crippen LogP) is 3.31. The molecule has 0 saturated carbocycles. The fraction of sp³-hybridized carbons (Fsp3) is 0.375. The number of nitrogens with one attached hydrogen (secondary N) is 4. The van der Waals surface area contributed by atoms with E-state index in [-0.39, 0.29) is 43.9 Å². The van der Waals surface area contributed by atoms with Crippen LogP contribution >= 0.6 is 0 Å². The van der Waals surface area contributed by atoms with Crippen molar-refractivity contribution in [1.29, 1.82) is 0 Å². The Morgan fingerprint density at radius 1 is 0.867 bits per heavy atom. The molecule has 1 aromatic carbocycles. The monoisotopic (exact) mass is 613 g/mol. The topological polar surface area (TPSA) is 161 Å². The standard InChI is InChI=1S/C32H39N9O4/c1-22-13-25(38-36-22)17-34-30(42)20-40-11-7-3-4-8-12-45-29-10-6-5-9-28(29)41(27-15-24(32(40)44)16-33-19-27)21-31(43)35-18-26-14-23(2)37-39-26/h5-6,9-10,13-16,19H,3-4,7-8,11-12,17-18,20-21H2,1-2H3,(H,34,42)(H,35,43)(H,36,38)(H,37,39). The number of anilines is 2. The van der Waals surface area contributed by atoms with E-state index >= 15 is 0 Å². The number of benzene rings is 1. The van der Waals surface area contributed by atoms with E-state index in [4.69, 9.17) is 4.74 Å². The third-order valence-electron chi connectivity index (χ3n) is 7.39. The minimum atomic E-state index is -0.312. The van der Waals surface area contributed by atoms with Crippen LogP contribution in [0.5, 0.6) is 5.75 Å². The Bertz CT molecular complexity index is 1620. The van der Waals surface area contributed by atoms with Gasteiger partial charge in [0, 0.05) is 24.1 Å². The first-order valence-electron chi connectivity index (χ1n) is 15.1. The zero-order valence-corrected chi connectivity index (χ0v) is 25.6. The molecule has 0 unspecified atom stereocenters. The van der Waals surface area contributed by atoms with Crippen LogP contribution in [0.2, 0.25) is 0 Å². The highest BCUT2D eigenvalue weighted by atomic mass is 16.5. The maximum atomic E-state index is 13.9. The second-order valence-electron chi connectivity index (χ2n) is 11.1. The van der Waals surface area contributed by atoms with Gasteiger partial charge in [0.25, 0.3) is 5.91 Å². The fourth-order valence-corrected chi connectivity index (χ4v) is 5.12. The molecule has 0 fully saturated rings. The summed E-state index contributed by atoms with van der Waals surface area (Å²) in [6.45, 7) is 5.08. The molecule has 3 aromatic heterocycles. The molecule has 0 saturated heterocycles. The molecule has 1 aliphatic rings. The molecular formula is C32H39N9O4. The van der Waals surface area contributed by atoms with E-state index in [0.717, 1.165) is 42.8 Å². The van der Waals surface area contributed by atoms with Gasteiger partial charge in [0.05, 0.1) is 60.8 Å². The molecule has 13 heteroatoms. The lowest BCUT2D eigenvalue weighted by atomic mass is 10.1. The second kappa shape index (κ2) is 15.0. The molecule has 0 spiro atoms. The normalized spacial score (nSPS) is 14.1. The average molecular weight is 614 g/mol. The van der Waals surface area contributed by atoms with E-state index in [1.54, 1.807) is 22.1 Å². The molecule has 0 aliphatic carbocycles. The molecule has 0 radical (unpaired) electrons. The van der Waals surface area contributed by atoms with Crippen molar-refractivity contribution < 1.29 is 19.1 Å². The van der Waals surface area contributed by atoms with Crippen LogP contribution in [0.4, 0.5) is 11.4 Å². The van der Waals surface area contributed by atoms with E-state index < -0.39 is 0 Å². The van der Waals surface area contributed by atoms with Crippen molar-refractivity contribution in [2.45, 2.75) is 52.6 Å². The van der Waals surface area contributed by atoms with E-state index in [1.165, 1.54) is 6.20 Å². The number of pyridine rings is 1. The van der Waals surface area contributed by atoms with Gasteiger partial charge in [-0.2, -0.15) is 10.2 Å². The van der Waals surface area contributed by atoms with Crippen molar-refractivity contribution in [2.75, 3.05) is 31.1 Å². The molecule has 4 heterocycles. The summed E-state index contributed by atoms with van der Waals surface area (Å²) in [5.41, 5.74) is 4.77. The molecule has 2 bridgehead atoms. The van der Waals surface area contributed by atoms with Crippen LogP contribution in [0.3, 0.4) is 0 Å².